The van der Waals surface area contributed by atoms with Gasteiger partial charge in [-0.1, -0.05) is 24.3 Å². The number of carboxylic acids is 2. The molecular weight excluding hydrogens is 404 g/mol. The largest absolute Gasteiger partial charge is 0.481 e. The van der Waals surface area contributed by atoms with Gasteiger partial charge in [0.2, 0.25) is 0 Å². The predicted molar refractivity (Wildman–Crippen MR) is 108 cm³/mol. The monoisotopic (exact) mass is 422 g/mol. The maximum absolute atomic E-state index is 12.1. The smallest absolute Gasteiger partial charge is 0.335 e. The van der Waals surface area contributed by atoms with Crippen molar-refractivity contribution in [2.75, 3.05) is 0 Å². The van der Waals surface area contributed by atoms with E-state index >= 15 is 0 Å². The highest BCUT2D eigenvalue weighted by Crippen LogP contribution is 2.52. The SMILES string of the molecule is O=C(O)CCCC12OC(=O)CC1Oc1c(c3ccccc3c3cc(C(=O)O)ccc13)O2. The Bertz CT molecular complexity index is 1260. The highest BCUT2D eigenvalue weighted by atomic mass is 16.8. The molecule has 0 saturated carbocycles. The van der Waals surface area contributed by atoms with Gasteiger partial charge < -0.3 is 24.4 Å². The molecule has 3 aromatic rings. The molecule has 2 aliphatic rings. The summed E-state index contributed by atoms with van der Waals surface area (Å²) in [6, 6.07) is 12.1. The van der Waals surface area contributed by atoms with E-state index < -0.39 is 29.8 Å². The lowest BCUT2D eigenvalue weighted by atomic mass is 9.95. The van der Waals surface area contributed by atoms with Crippen molar-refractivity contribution in [1.29, 1.82) is 0 Å². The third-order valence-electron chi connectivity index (χ3n) is 5.76. The van der Waals surface area contributed by atoms with Crippen LogP contribution in [0.1, 0.15) is 36.0 Å². The van der Waals surface area contributed by atoms with Crippen LogP contribution in [0.25, 0.3) is 21.5 Å². The van der Waals surface area contributed by atoms with E-state index in [0.29, 0.717) is 27.7 Å². The number of hydrogen-bond donors (Lipinski definition) is 2. The fourth-order valence-corrected chi connectivity index (χ4v) is 4.37. The number of esters is 1. The van der Waals surface area contributed by atoms with Gasteiger partial charge in [0, 0.05) is 23.6 Å². The number of rotatable bonds is 5. The minimum Gasteiger partial charge on any atom is -0.481 e. The second-order valence-corrected chi connectivity index (χ2v) is 7.72. The molecule has 0 aliphatic carbocycles. The summed E-state index contributed by atoms with van der Waals surface area (Å²) < 4.78 is 18.1. The standard InChI is InChI=1S/C23H18O8/c24-18(25)6-3-9-23-17(11-19(26)30-23)29-20-15-8-7-12(22(27)28)10-16(15)13-4-1-2-5-14(13)21(20)31-23/h1-2,4-5,7-8,10,17H,3,6,9,11H2,(H,24,25)(H,27,28). The molecule has 0 aromatic heterocycles. The average Bonchev–Trinajstić information content (AvgIpc) is 3.06. The van der Waals surface area contributed by atoms with Crippen LogP contribution in [0.15, 0.2) is 42.5 Å². The highest BCUT2D eigenvalue weighted by Gasteiger charge is 2.56. The summed E-state index contributed by atoms with van der Waals surface area (Å²) in [5.41, 5.74) is 0.150. The fraction of sp³-hybridized carbons (Fsp3) is 0.261. The Kier molecular flexibility index (Phi) is 4.25. The van der Waals surface area contributed by atoms with Crippen molar-refractivity contribution in [3.63, 3.8) is 0 Å². The minimum atomic E-state index is -1.39. The van der Waals surface area contributed by atoms with Crippen molar-refractivity contribution in [3.8, 4) is 11.5 Å². The van der Waals surface area contributed by atoms with Crippen LogP contribution in [0.2, 0.25) is 0 Å². The first-order valence-electron chi connectivity index (χ1n) is 9.89. The molecular formula is C23H18O8. The van der Waals surface area contributed by atoms with Crippen LogP contribution in [-0.2, 0) is 14.3 Å². The van der Waals surface area contributed by atoms with Crippen molar-refractivity contribution >= 4 is 39.5 Å². The zero-order chi connectivity index (χ0) is 21.8. The number of benzene rings is 3. The lowest BCUT2D eigenvalue weighted by molar-refractivity contribution is -0.208. The van der Waals surface area contributed by atoms with Crippen molar-refractivity contribution in [1.82, 2.24) is 0 Å². The van der Waals surface area contributed by atoms with E-state index in [0.717, 1.165) is 5.39 Å². The Morgan fingerprint density at radius 1 is 0.968 bits per heavy atom. The van der Waals surface area contributed by atoms with Gasteiger partial charge in [0.25, 0.3) is 5.79 Å². The quantitative estimate of drug-likeness (QED) is 0.472. The van der Waals surface area contributed by atoms with Crippen LogP contribution in [0.3, 0.4) is 0 Å². The van der Waals surface area contributed by atoms with Gasteiger partial charge >= 0.3 is 17.9 Å². The number of fused-ring (bicyclic) bond motifs is 7. The molecule has 0 radical (unpaired) electrons. The Morgan fingerprint density at radius 3 is 2.45 bits per heavy atom. The normalized spacial score (nSPS) is 21.7. The van der Waals surface area contributed by atoms with Crippen molar-refractivity contribution < 1.29 is 38.8 Å². The van der Waals surface area contributed by atoms with Gasteiger partial charge in [0.1, 0.15) is 0 Å². The second-order valence-electron chi connectivity index (χ2n) is 7.72. The van der Waals surface area contributed by atoms with E-state index in [1.807, 2.05) is 24.3 Å². The summed E-state index contributed by atoms with van der Waals surface area (Å²) >= 11 is 0. The van der Waals surface area contributed by atoms with E-state index in [9.17, 15) is 19.5 Å². The first kappa shape index (κ1) is 19.2. The molecule has 31 heavy (non-hydrogen) atoms. The summed E-state index contributed by atoms with van der Waals surface area (Å²) in [5.74, 6) is -3.03. The Balaban J connectivity index is 1.69. The van der Waals surface area contributed by atoms with Gasteiger partial charge in [0.05, 0.1) is 12.0 Å². The summed E-state index contributed by atoms with van der Waals surface area (Å²) in [4.78, 5) is 34.6. The molecule has 0 bridgehead atoms. The topological polar surface area (TPSA) is 119 Å². The van der Waals surface area contributed by atoms with E-state index in [1.54, 1.807) is 12.1 Å². The van der Waals surface area contributed by atoms with Crippen molar-refractivity contribution in [2.24, 2.45) is 0 Å². The van der Waals surface area contributed by atoms with Crippen LogP contribution in [-0.4, -0.2) is 40.0 Å². The number of carboxylic acid groups (broad SMARTS) is 2. The lowest BCUT2D eigenvalue weighted by Crippen LogP contribution is -2.50. The van der Waals surface area contributed by atoms with Gasteiger partial charge in [-0.2, -0.15) is 0 Å². The Labute approximate surface area is 175 Å². The summed E-state index contributed by atoms with van der Waals surface area (Å²) in [5, 5.41) is 21.2. The molecule has 0 spiro atoms. The number of hydrogen-bond acceptors (Lipinski definition) is 6. The van der Waals surface area contributed by atoms with Crippen molar-refractivity contribution in [2.45, 2.75) is 37.6 Å². The molecule has 1 fully saturated rings. The number of ether oxygens (including phenoxy) is 3. The molecule has 3 aromatic carbocycles. The summed E-state index contributed by atoms with van der Waals surface area (Å²) in [6.07, 6.45) is -0.401. The molecule has 5 rings (SSSR count). The molecule has 0 amide bonds. The van der Waals surface area contributed by atoms with Gasteiger partial charge in [-0.3, -0.25) is 9.59 Å². The van der Waals surface area contributed by atoms with Crippen molar-refractivity contribution in [3.05, 3.63) is 48.0 Å². The number of aliphatic carboxylic acids is 1. The third kappa shape index (κ3) is 3.02. The molecule has 1 saturated heterocycles. The molecule has 8 nitrogen and oxygen atoms in total. The van der Waals surface area contributed by atoms with Crippen LogP contribution >= 0.6 is 0 Å². The maximum atomic E-state index is 12.1. The molecule has 2 atom stereocenters. The molecule has 2 N–H and O–H groups in total. The summed E-state index contributed by atoms with van der Waals surface area (Å²) in [6.45, 7) is 0. The summed E-state index contributed by atoms with van der Waals surface area (Å²) in [7, 11) is 0. The van der Waals surface area contributed by atoms with Crippen LogP contribution < -0.4 is 9.47 Å². The number of carbonyl (C=O) groups excluding carboxylic acids is 1. The Morgan fingerprint density at radius 2 is 1.71 bits per heavy atom. The molecule has 158 valence electrons. The first-order chi connectivity index (χ1) is 14.9. The maximum Gasteiger partial charge on any atom is 0.335 e. The fourth-order valence-electron chi connectivity index (χ4n) is 4.37. The first-order valence-corrected chi connectivity index (χ1v) is 9.89. The van der Waals surface area contributed by atoms with Crippen LogP contribution in [0.5, 0.6) is 11.5 Å². The van der Waals surface area contributed by atoms with Crippen LogP contribution in [0.4, 0.5) is 0 Å². The minimum absolute atomic E-state index is 0.0198. The lowest BCUT2D eigenvalue weighted by Gasteiger charge is -2.39. The van der Waals surface area contributed by atoms with E-state index in [4.69, 9.17) is 19.3 Å². The van der Waals surface area contributed by atoms with Crippen LogP contribution in [0, 0.1) is 0 Å². The molecule has 2 aliphatic heterocycles. The van der Waals surface area contributed by atoms with Gasteiger partial charge in [-0.25, -0.2) is 4.79 Å². The third-order valence-corrected chi connectivity index (χ3v) is 5.76. The molecule has 2 unspecified atom stereocenters. The number of carbonyl (C=O) groups is 3. The zero-order valence-electron chi connectivity index (χ0n) is 16.3. The van der Waals surface area contributed by atoms with E-state index in [2.05, 4.69) is 0 Å². The highest BCUT2D eigenvalue weighted by molar-refractivity contribution is 6.15. The molecule has 2 heterocycles. The van der Waals surface area contributed by atoms with Gasteiger partial charge in [-0.05, 0) is 35.4 Å². The molecule has 8 heteroatoms. The number of aromatic carboxylic acids is 1. The average molecular weight is 422 g/mol. The predicted octanol–water partition coefficient (Wildman–Crippen LogP) is 3.73. The Hall–Kier alpha value is -3.81. The zero-order valence-corrected chi connectivity index (χ0v) is 16.3. The van der Waals surface area contributed by atoms with E-state index in [-0.39, 0.29) is 31.2 Å². The second kappa shape index (κ2) is 6.87. The van der Waals surface area contributed by atoms with Gasteiger partial charge in [0.15, 0.2) is 17.6 Å². The van der Waals surface area contributed by atoms with Gasteiger partial charge in [-0.15, -0.1) is 0 Å². The van der Waals surface area contributed by atoms with E-state index in [1.165, 1.54) is 6.07 Å².